The molecule has 7 heteroatoms. The normalized spacial score (nSPS) is 12.7. The number of hydrogen-bond donors (Lipinski definition) is 1. The van der Waals surface area contributed by atoms with Gasteiger partial charge in [-0.2, -0.15) is 13.2 Å². The third-order valence-electron chi connectivity index (χ3n) is 3.06. The third-order valence-corrected chi connectivity index (χ3v) is 4.03. The highest BCUT2D eigenvalue weighted by Crippen LogP contribution is 2.35. The van der Waals surface area contributed by atoms with Crippen molar-refractivity contribution in [3.05, 3.63) is 44.9 Å². The highest BCUT2D eigenvalue weighted by Gasteiger charge is 2.31. The first-order valence-electron chi connectivity index (χ1n) is 6.20. The Morgan fingerprint density at radius 3 is 2.33 bits per heavy atom. The Hall–Kier alpha value is -1.08. The molecule has 0 aliphatic heterocycles. The van der Waals surface area contributed by atoms with Crippen LogP contribution in [-0.4, -0.2) is 9.55 Å². The van der Waals surface area contributed by atoms with E-state index >= 15 is 0 Å². The summed E-state index contributed by atoms with van der Waals surface area (Å²) >= 11 is 8.53. The molecule has 0 amide bonds. The summed E-state index contributed by atoms with van der Waals surface area (Å²) < 4.78 is 41.3. The highest BCUT2D eigenvalue weighted by molar-refractivity contribution is 9.10. The molecule has 2 nitrogen and oxygen atoms in total. The van der Waals surface area contributed by atoms with Crippen molar-refractivity contribution in [2.24, 2.45) is 0 Å². The molecule has 0 aliphatic rings. The Morgan fingerprint density at radius 1 is 1.19 bits per heavy atom. The Kier molecular flexibility index (Phi) is 4.10. The predicted molar refractivity (Wildman–Crippen MR) is 82.4 cm³/mol. The Balaban J connectivity index is 2.74. The molecule has 2 aromatic rings. The molecule has 0 saturated heterocycles. The number of aromatic nitrogens is 2. The molecule has 0 bridgehead atoms. The van der Waals surface area contributed by atoms with Gasteiger partial charge in [0.15, 0.2) is 4.77 Å². The number of imidazole rings is 1. The molecule has 1 aromatic heterocycles. The zero-order valence-corrected chi connectivity index (χ0v) is 14.1. The van der Waals surface area contributed by atoms with Crippen LogP contribution < -0.4 is 0 Å². The fraction of sp³-hybridized carbons (Fsp3) is 0.357. The van der Waals surface area contributed by atoms with Crippen molar-refractivity contribution in [1.82, 2.24) is 9.55 Å². The van der Waals surface area contributed by atoms with Gasteiger partial charge in [-0.1, -0.05) is 20.8 Å². The van der Waals surface area contributed by atoms with Crippen LogP contribution in [0.15, 0.2) is 28.9 Å². The van der Waals surface area contributed by atoms with Gasteiger partial charge in [-0.25, -0.2) is 0 Å². The summed E-state index contributed by atoms with van der Waals surface area (Å²) in [6, 6.07) is 3.53. The number of benzene rings is 1. The van der Waals surface area contributed by atoms with E-state index in [0.717, 1.165) is 17.8 Å². The van der Waals surface area contributed by atoms with E-state index in [-0.39, 0.29) is 5.41 Å². The number of halogens is 4. The van der Waals surface area contributed by atoms with Crippen LogP contribution in [0.5, 0.6) is 0 Å². The largest absolute Gasteiger partial charge is 0.416 e. The number of aromatic amines is 1. The Labute approximate surface area is 134 Å². The lowest BCUT2D eigenvalue weighted by Crippen LogP contribution is -2.17. The Morgan fingerprint density at radius 2 is 1.81 bits per heavy atom. The van der Waals surface area contributed by atoms with Crippen LogP contribution in [0.2, 0.25) is 0 Å². The van der Waals surface area contributed by atoms with Gasteiger partial charge in [-0.3, -0.25) is 4.57 Å². The molecule has 114 valence electrons. The van der Waals surface area contributed by atoms with Crippen LogP contribution in [0.1, 0.15) is 32.0 Å². The first-order chi connectivity index (χ1) is 9.51. The molecule has 0 saturated carbocycles. The summed E-state index contributed by atoms with van der Waals surface area (Å²) in [5.74, 6) is 0. The van der Waals surface area contributed by atoms with Crippen molar-refractivity contribution >= 4 is 28.1 Å². The summed E-state index contributed by atoms with van der Waals surface area (Å²) in [6.45, 7) is 5.93. The monoisotopic (exact) mass is 378 g/mol. The lowest BCUT2D eigenvalue weighted by atomic mass is 9.92. The molecule has 1 N–H and O–H groups in total. The van der Waals surface area contributed by atoms with Crippen LogP contribution in [0.4, 0.5) is 13.2 Å². The lowest BCUT2D eigenvalue weighted by molar-refractivity contribution is -0.137. The van der Waals surface area contributed by atoms with E-state index in [9.17, 15) is 13.2 Å². The molecule has 1 aromatic carbocycles. The van der Waals surface area contributed by atoms with Crippen molar-refractivity contribution in [3.8, 4) is 5.69 Å². The Bertz CT molecular complexity index is 723. The van der Waals surface area contributed by atoms with Gasteiger partial charge in [0.05, 0.1) is 11.3 Å². The van der Waals surface area contributed by atoms with Gasteiger partial charge < -0.3 is 4.98 Å². The predicted octanol–water partition coefficient (Wildman–Crippen LogP) is 5.61. The number of nitrogens with one attached hydrogen (secondary N) is 1. The second kappa shape index (κ2) is 5.28. The van der Waals surface area contributed by atoms with Crippen molar-refractivity contribution < 1.29 is 13.2 Å². The van der Waals surface area contributed by atoms with E-state index in [1.807, 2.05) is 20.8 Å². The fourth-order valence-electron chi connectivity index (χ4n) is 2.02. The molecule has 0 fully saturated rings. The molecule has 1 heterocycles. The lowest BCUT2D eigenvalue weighted by Gasteiger charge is -2.22. The summed E-state index contributed by atoms with van der Waals surface area (Å²) in [5, 5.41) is 0. The van der Waals surface area contributed by atoms with Crippen LogP contribution in [-0.2, 0) is 11.6 Å². The minimum atomic E-state index is -4.39. The van der Waals surface area contributed by atoms with Crippen molar-refractivity contribution in [3.63, 3.8) is 0 Å². The quantitative estimate of drug-likeness (QED) is 0.639. The molecular weight excluding hydrogens is 365 g/mol. The zero-order valence-electron chi connectivity index (χ0n) is 11.7. The number of alkyl halides is 3. The summed E-state index contributed by atoms with van der Waals surface area (Å²) in [7, 11) is 0. The average Bonchev–Trinajstić information content (AvgIpc) is 2.70. The standard InChI is InChI=1S/C14H14BrF3N2S/c1-13(2,3)11-7-19-12(21)20(11)10-6-8(14(16,17)18)4-5-9(10)15/h4-7H,1-3H3,(H,19,21). The van der Waals surface area contributed by atoms with Gasteiger partial charge in [0.1, 0.15) is 0 Å². The first-order valence-corrected chi connectivity index (χ1v) is 7.40. The van der Waals surface area contributed by atoms with Crippen molar-refractivity contribution in [2.75, 3.05) is 0 Å². The van der Waals surface area contributed by atoms with Crippen LogP contribution >= 0.6 is 28.1 Å². The number of rotatable bonds is 1. The maximum atomic E-state index is 12.9. The topological polar surface area (TPSA) is 20.7 Å². The highest BCUT2D eigenvalue weighted by atomic mass is 79.9. The van der Waals surface area contributed by atoms with Gasteiger partial charge in [0.2, 0.25) is 0 Å². The van der Waals surface area contributed by atoms with E-state index in [2.05, 4.69) is 20.9 Å². The number of nitrogens with zero attached hydrogens (tertiary/aromatic N) is 1. The molecule has 0 radical (unpaired) electrons. The fourth-order valence-corrected chi connectivity index (χ4v) is 2.70. The van der Waals surface area contributed by atoms with Gasteiger partial charge in [0.25, 0.3) is 0 Å². The summed E-state index contributed by atoms with van der Waals surface area (Å²) in [5.41, 5.74) is 0.221. The second-order valence-corrected chi connectivity index (χ2v) is 6.97. The van der Waals surface area contributed by atoms with Gasteiger partial charge >= 0.3 is 6.18 Å². The number of hydrogen-bond acceptors (Lipinski definition) is 1. The molecular formula is C14H14BrF3N2S. The summed E-state index contributed by atoms with van der Waals surface area (Å²) in [6.07, 6.45) is -2.66. The molecule has 0 unspecified atom stereocenters. The SMILES string of the molecule is CC(C)(C)c1c[nH]c(=S)n1-c1cc(C(F)(F)F)ccc1Br. The summed E-state index contributed by atoms with van der Waals surface area (Å²) in [4.78, 5) is 2.90. The van der Waals surface area contributed by atoms with E-state index in [1.165, 1.54) is 6.07 Å². The van der Waals surface area contributed by atoms with Crippen LogP contribution in [0, 0.1) is 4.77 Å². The van der Waals surface area contributed by atoms with Crippen molar-refractivity contribution in [1.29, 1.82) is 0 Å². The van der Waals surface area contributed by atoms with E-state index in [1.54, 1.807) is 10.8 Å². The average molecular weight is 379 g/mol. The molecule has 0 atom stereocenters. The number of H-pyrrole nitrogens is 1. The van der Waals surface area contributed by atoms with Crippen LogP contribution in [0.3, 0.4) is 0 Å². The molecule has 2 rings (SSSR count). The molecule has 0 spiro atoms. The maximum Gasteiger partial charge on any atom is 0.416 e. The molecule has 0 aliphatic carbocycles. The maximum absolute atomic E-state index is 12.9. The van der Waals surface area contributed by atoms with Gasteiger partial charge in [-0.05, 0) is 46.3 Å². The second-order valence-electron chi connectivity index (χ2n) is 5.73. The van der Waals surface area contributed by atoms with Crippen LogP contribution in [0.25, 0.3) is 5.69 Å². The van der Waals surface area contributed by atoms with E-state index < -0.39 is 11.7 Å². The minimum Gasteiger partial charge on any atom is -0.337 e. The van der Waals surface area contributed by atoms with Crippen molar-refractivity contribution in [2.45, 2.75) is 32.4 Å². The first kappa shape index (κ1) is 16.3. The zero-order chi connectivity index (χ0) is 16.0. The van der Waals surface area contributed by atoms with Gasteiger partial charge in [0, 0.05) is 21.8 Å². The van der Waals surface area contributed by atoms with E-state index in [4.69, 9.17) is 12.2 Å². The van der Waals surface area contributed by atoms with Gasteiger partial charge in [-0.15, -0.1) is 0 Å². The minimum absolute atomic E-state index is 0.263. The third kappa shape index (κ3) is 3.23. The van der Waals surface area contributed by atoms with E-state index in [0.29, 0.717) is 14.9 Å². The smallest absolute Gasteiger partial charge is 0.337 e. The molecule has 21 heavy (non-hydrogen) atoms.